The van der Waals surface area contributed by atoms with Crippen LogP contribution in [0.15, 0.2) is 21.6 Å². The number of sulfone groups is 1. The van der Waals surface area contributed by atoms with Crippen LogP contribution in [0.1, 0.15) is 40.0 Å². The van der Waals surface area contributed by atoms with Crippen LogP contribution in [-0.2, 0) is 14.6 Å². The Labute approximate surface area is 190 Å². The van der Waals surface area contributed by atoms with Crippen LogP contribution in [0, 0.1) is 0 Å². The van der Waals surface area contributed by atoms with E-state index < -0.39 is 9.84 Å². The number of rotatable bonds is 8. The average molecular weight is 519 g/mol. The molecule has 30 heavy (non-hydrogen) atoms. The molecule has 2 atom stereocenters. The van der Waals surface area contributed by atoms with E-state index in [1.54, 1.807) is 0 Å². The molecule has 1 amide bonds. The number of aliphatic imine (C=N–C) groups is 1. The third kappa shape index (κ3) is 5.13. The van der Waals surface area contributed by atoms with Crippen LogP contribution in [0.5, 0.6) is 11.5 Å². The van der Waals surface area contributed by atoms with Crippen LogP contribution in [0.2, 0.25) is 0 Å². The number of carbonyl (C=O) groups excluding carboxylic acids is 1. The number of unbranched alkanes of at least 4 members (excludes halogenated alkanes) is 1. The van der Waals surface area contributed by atoms with Crippen molar-refractivity contribution in [2.75, 3.05) is 29.6 Å². The summed E-state index contributed by atoms with van der Waals surface area (Å²) in [5.41, 5.74) is 0.723. The lowest BCUT2D eigenvalue weighted by molar-refractivity contribution is -0.117. The van der Waals surface area contributed by atoms with Gasteiger partial charge in [-0.05, 0) is 36.2 Å². The zero-order valence-electron chi connectivity index (χ0n) is 17.4. The monoisotopic (exact) mass is 518 g/mol. The highest BCUT2D eigenvalue weighted by Gasteiger charge is 2.50. The summed E-state index contributed by atoms with van der Waals surface area (Å²) in [5, 5.41) is 0.398. The number of carbonyl (C=O) groups is 1. The Bertz CT molecular complexity index is 935. The normalized spacial score (nSPS) is 23.6. The molecule has 0 radical (unpaired) electrons. The van der Waals surface area contributed by atoms with Gasteiger partial charge in [0.15, 0.2) is 26.5 Å². The predicted octanol–water partition coefficient (Wildman–Crippen LogP) is 4.04. The highest BCUT2D eigenvalue weighted by molar-refractivity contribution is 9.10. The second-order valence-corrected chi connectivity index (χ2v) is 11.4. The van der Waals surface area contributed by atoms with Gasteiger partial charge >= 0.3 is 0 Å². The van der Waals surface area contributed by atoms with Crippen molar-refractivity contribution in [3.05, 3.63) is 16.6 Å². The Morgan fingerprint density at radius 1 is 1.20 bits per heavy atom. The number of halogens is 1. The first-order chi connectivity index (χ1) is 14.3. The van der Waals surface area contributed by atoms with Crippen molar-refractivity contribution in [1.29, 1.82) is 0 Å². The topological polar surface area (TPSA) is 85.3 Å². The lowest BCUT2D eigenvalue weighted by Crippen LogP contribution is -2.38. The molecule has 7 nitrogen and oxygen atoms in total. The van der Waals surface area contributed by atoms with Crippen molar-refractivity contribution in [1.82, 2.24) is 0 Å². The Morgan fingerprint density at radius 3 is 2.50 bits per heavy atom. The van der Waals surface area contributed by atoms with E-state index in [-0.39, 0.29) is 28.7 Å². The molecule has 0 N–H and O–H groups in total. The lowest BCUT2D eigenvalue weighted by Gasteiger charge is -2.27. The van der Waals surface area contributed by atoms with Gasteiger partial charge in [0.2, 0.25) is 5.91 Å². The van der Waals surface area contributed by atoms with Gasteiger partial charge in [-0.2, -0.15) is 4.99 Å². The van der Waals surface area contributed by atoms with E-state index in [1.807, 2.05) is 37.8 Å². The van der Waals surface area contributed by atoms with Gasteiger partial charge in [-0.3, -0.25) is 4.79 Å². The van der Waals surface area contributed by atoms with Crippen LogP contribution in [0.4, 0.5) is 5.69 Å². The molecule has 1 aromatic carbocycles. The van der Waals surface area contributed by atoms with Crippen molar-refractivity contribution in [3.63, 3.8) is 0 Å². The van der Waals surface area contributed by atoms with Crippen molar-refractivity contribution in [2.45, 2.75) is 51.3 Å². The minimum atomic E-state index is -3.14. The van der Waals surface area contributed by atoms with Crippen LogP contribution in [0.25, 0.3) is 0 Å². The molecule has 0 saturated carbocycles. The van der Waals surface area contributed by atoms with Gasteiger partial charge in [-0.1, -0.05) is 25.1 Å². The van der Waals surface area contributed by atoms with Crippen molar-refractivity contribution in [3.8, 4) is 11.5 Å². The van der Waals surface area contributed by atoms with Crippen LogP contribution in [0.3, 0.4) is 0 Å². The molecule has 3 rings (SSSR count). The molecule has 0 aromatic heterocycles. The number of benzene rings is 1. The lowest BCUT2D eigenvalue weighted by atomic mass is 10.2. The largest absolute Gasteiger partial charge is 0.490 e. The van der Waals surface area contributed by atoms with E-state index in [0.717, 1.165) is 23.0 Å². The summed E-state index contributed by atoms with van der Waals surface area (Å²) < 4.78 is 36.7. The predicted molar refractivity (Wildman–Crippen MR) is 125 cm³/mol. The molecule has 0 unspecified atom stereocenters. The molecule has 2 aliphatic rings. The van der Waals surface area contributed by atoms with Gasteiger partial charge in [0, 0.05) is 28.3 Å². The molecule has 1 aromatic rings. The molecule has 0 aliphatic carbocycles. The maximum Gasteiger partial charge on any atom is 0.248 e. The van der Waals surface area contributed by atoms with E-state index in [4.69, 9.17) is 9.47 Å². The highest BCUT2D eigenvalue weighted by Crippen LogP contribution is 2.46. The number of ether oxygens (including phenoxy) is 2. The van der Waals surface area contributed by atoms with Gasteiger partial charge < -0.3 is 14.4 Å². The third-order valence-corrected chi connectivity index (χ3v) is 8.75. The zero-order valence-corrected chi connectivity index (χ0v) is 20.6. The van der Waals surface area contributed by atoms with E-state index in [9.17, 15) is 13.2 Å². The summed E-state index contributed by atoms with van der Waals surface area (Å²) in [6, 6.07) is 3.38. The molecule has 2 saturated heterocycles. The average Bonchev–Trinajstić information content (AvgIpc) is 3.13. The maximum absolute atomic E-state index is 12.4. The number of amides is 1. The van der Waals surface area contributed by atoms with E-state index in [1.165, 1.54) is 11.8 Å². The summed E-state index contributed by atoms with van der Waals surface area (Å²) >= 11 is 4.97. The smallest absolute Gasteiger partial charge is 0.248 e. The molecule has 2 heterocycles. The standard InChI is InChI=1S/C20H27BrN2O5S2/c1-4-7-8-19(24)22-20-23(15-11-30(25,26)12-18(15)29-20)14-10-17(28-6-3)16(27-5-2)9-13(14)21/h9-10,15,18H,4-8,11-12H2,1-3H3/t15-,18+/m1/s1. The molecule has 10 heteroatoms. The van der Waals surface area contributed by atoms with Gasteiger partial charge in [-0.15, -0.1) is 0 Å². The SMILES string of the molecule is CCCCC(=O)N=C1S[C@H]2CS(=O)(=O)C[C@H]2N1c1cc(OCC)c(OCC)cc1Br. The number of fused-ring (bicyclic) bond motifs is 1. The summed E-state index contributed by atoms with van der Waals surface area (Å²) in [4.78, 5) is 18.6. The zero-order chi connectivity index (χ0) is 21.9. The third-order valence-electron chi connectivity index (χ3n) is 4.90. The summed E-state index contributed by atoms with van der Waals surface area (Å²) in [7, 11) is -3.14. The van der Waals surface area contributed by atoms with E-state index in [0.29, 0.717) is 36.3 Å². The minimum absolute atomic E-state index is 0.0382. The van der Waals surface area contributed by atoms with Crippen LogP contribution >= 0.6 is 27.7 Å². The Kier molecular flexibility index (Phi) is 7.73. The van der Waals surface area contributed by atoms with Crippen molar-refractivity contribution < 1.29 is 22.7 Å². The summed E-state index contributed by atoms with van der Waals surface area (Å²) in [6.45, 7) is 6.77. The minimum Gasteiger partial charge on any atom is -0.490 e. The number of hydrogen-bond donors (Lipinski definition) is 0. The van der Waals surface area contributed by atoms with Gasteiger partial charge in [-0.25, -0.2) is 8.42 Å². The van der Waals surface area contributed by atoms with Crippen molar-refractivity contribution in [2.24, 2.45) is 4.99 Å². The first kappa shape index (κ1) is 23.4. The Hall–Kier alpha value is -1.26. The van der Waals surface area contributed by atoms with Gasteiger partial charge in [0.25, 0.3) is 0 Å². The molecule has 166 valence electrons. The second kappa shape index (κ2) is 9.91. The summed E-state index contributed by atoms with van der Waals surface area (Å²) in [6.07, 6.45) is 2.08. The number of hydrogen-bond acceptors (Lipinski definition) is 6. The first-order valence-corrected chi connectivity index (χ1v) is 13.7. The van der Waals surface area contributed by atoms with Gasteiger partial charge in [0.05, 0.1) is 36.4 Å². The van der Waals surface area contributed by atoms with Crippen LogP contribution in [-0.4, -0.2) is 55.5 Å². The molecule has 2 fully saturated rings. The van der Waals surface area contributed by atoms with Crippen molar-refractivity contribution >= 4 is 54.3 Å². The quantitative estimate of drug-likeness (QED) is 0.513. The first-order valence-electron chi connectivity index (χ1n) is 10.2. The number of amidine groups is 1. The Morgan fingerprint density at radius 2 is 1.87 bits per heavy atom. The number of nitrogens with zero attached hydrogens (tertiary/aromatic N) is 2. The Balaban J connectivity index is 2.04. The number of thioether (sulfide) groups is 1. The molecular formula is C20H27BrN2O5S2. The fourth-order valence-electron chi connectivity index (χ4n) is 3.58. The molecule has 0 bridgehead atoms. The van der Waals surface area contributed by atoms with E-state index >= 15 is 0 Å². The molecule has 0 spiro atoms. The fourth-order valence-corrected chi connectivity index (χ4v) is 8.02. The van der Waals surface area contributed by atoms with E-state index in [2.05, 4.69) is 20.9 Å². The van der Waals surface area contributed by atoms with Crippen LogP contribution < -0.4 is 14.4 Å². The van der Waals surface area contributed by atoms with Gasteiger partial charge in [0.1, 0.15) is 0 Å². The highest BCUT2D eigenvalue weighted by atomic mass is 79.9. The fraction of sp³-hybridized carbons (Fsp3) is 0.600. The second-order valence-electron chi connectivity index (χ2n) is 7.18. The molecule has 2 aliphatic heterocycles. The summed E-state index contributed by atoms with van der Waals surface area (Å²) in [5.74, 6) is 1.13. The molecular weight excluding hydrogens is 492 g/mol. The maximum atomic E-state index is 12.4. The number of anilines is 1.